The van der Waals surface area contributed by atoms with Crippen LogP contribution < -0.4 is 4.57 Å². The summed E-state index contributed by atoms with van der Waals surface area (Å²) in [5.41, 5.74) is 11.4. The molecule has 1 aromatic heterocycles. The summed E-state index contributed by atoms with van der Waals surface area (Å²) in [4.78, 5) is 0. The Morgan fingerprint density at radius 1 is 0.771 bits per heavy atom. The number of aromatic nitrogens is 1. The molecule has 1 aliphatic carbocycles. The van der Waals surface area contributed by atoms with E-state index >= 15 is 0 Å². The molecule has 0 fully saturated rings. The maximum atomic E-state index is 2.45. The fourth-order valence-electron chi connectivity index (χ4n) is 6.12. The van der Waals surface area contributed by atoms with Crippen LogP contribution in [0.2, 0.25) is 0 Å². The first-order valence-electron chi connectivity index (χ1n) is 13.0. The molecule has 1 nitrogen and oxygen atoms in total. The molecule has 0 amide bonds. The van der Waals surface area contributed by atoms with E-state index in [2.05, 4.69) is 134 Å². The van der Waals surface area contributed by atoms with E-state index < -0.39 is 0 Å². The maximum absolute atomic E-state index is 2.45. The highest BCUT2D eigenvalue weighted by molar-refractivity contribution is 5.94. The lowest BCUT2D eigenvalue weighted by Gasteiger charge is -2.49. The van der Waals surface area contributed by atoms with Gasteiger partial charge in [0.2, 0.25) is 5.69 Å². The van der Waals surface area contributed by atoms with Crippen LogP contribution in [0.3, 0.4) is 0 Å². The number of hydrogen-bond acceptors (Lipinski definition) is 0. The normalized spacial score (nSPS) is 16.1. The summed E-state index contributed by atoms with van der Waals surface area (Å²) < 4.78 is 2.31. The molecule has 0 saturated carbocycles. The predicted molar refractivity (Wildman–Crippen MR) is 150 cm³/mol. The molecule has 35 heavy (non-hydrogen) atoms. The van der Waals surface area contributed by atoms with Crippen LogP contribution in [0.4, 0.5) is 0 Å². The molecule has 0 radical (unpaired) electrons. The second kappa shape index (κ2) is 7.79. The number of benzene rings is 3. The molecular weight excluding hydrogens is 422 g/mol. The lowest BCUT2D eigenvalue weighted by molar-refractivity contribution is -0.660. The summed E-state index contributed by atoms with van der Waals surface area (Å²) in [7, 11) is 2.19. The SMILES string of the molecule is Cc1ccc2c(c1-c1cc(CC(C)(C)C)cc[n+]1C)C(C)(C)C(C)(C)c1cc3ccccc3cc1-2. The van der Waals surface area contributed by atoms with E-state index in [0.29, 0.717) is 0 Å². The fourth-order valence-corrected chi connectivity index (χ4v) is 6.12. The van der Waals surface area contributed by atoms with E-state index in [1.165, 1.54) is 55.4 Å². The molecule has 0 spiro atoms. The zero-order valence-electron chi connectivity index (χ0n) is 23.0. The molecule has 1 aliphatic rings. The van der Waals surface area contributed by atoms with E-state index in [0.717, 1.165) is 6.42 Å². The van der Waals surface area contributed by atoms with Gasteiger partial charge >= 0.3 is 0 Å². The lowest BCUT2D eigenvalue weighted by Crippen LogP contribution is -2.44. The Kier molecular flexibility index (Phi) is 5.29. The Hall–Kier alpha value is -2.93. The van der Waals surface area contributed by atoms with Crippen molar-refractivity contribution >= 4 is 10.8 Å². The van der Waals surface area contributed by atoms with Gasteiger partial charge < -0.3 is 0 Å². The molecule has 0 saturated heterocycles. The van der Waals surface area contributed by atoms with Gasteiger partial charge in [-0.25, -0.2) is 4.57 Å². The number of aryl methyl sites for hydroxylation is 2. The van der Waals surface area contributed by atoms with Crippen LogP contribution in [-0.2, 0) is 24.3 Å². The van der Waals surface area contributed by atoms with Crippen molar-refractivity contribution in [3.63, 3.8) is 0 Å². The predicted octanol–water partition coefficient (Wildman–Crippen LogP) is 8.46. The number of rotatable bonds is 2. The van der Waals surface area contributed by atoms with Crippen molar-refractivity contribution in [2.24, 2.45) is 12.5 Å². The molecule has 1 heteroatoms. The number of nitrogens with zero attached hydrogens (tertiary/aromatic N) is 1. The first-order valence-corrected chi connectivity index (χ1v) is 13.0. The van der Waals surface area contributed by atoms with Crippen molar-refractivity contribution in [3.05, 3.63) is 89.1 Å². The Labute approximate surface area is 211 Å². The van der Waals surface area contributed by atoms with E-state index in [1.807, 2.05) is 0 Å². The number of pyridine rings is 1. The molecular formula is C34H40N+. The summed E-state index contributed by atoms with van der Waals surface area (Å²) in [5, 5.41) is 2.64. The van der Waals surface area contributed by atoms with E-state index in [1.54, 1.807) is 0 Å². The van der Waals surface area contributed by atoms with Crippen LogP contribution in [0, 0.1) is 12.3 Å². The monoisotopic (exact) mass is 462 g/mol. The van der Waals surface area contributed by atoms with Gasteiger partial charge in [-0.3, -0.25) is 0 Å². The van der Waals surface area contributed by atoms with Gasteiger partial charge in [0, 0.05) is 17.5 Å². The maximum Gasteiger partial charge on any atom is 0.213 e. The Bertz CT molecular complexity index is 1460. The number of hydrogen-bond donors (Lipinski definition) is 0. The average Bonchev–Trinajstić information content (AvgIpc) is 2.77. The number of fused-ring (bicyclic) bond motifs is 4. The third-order valence-corrected chi connectivity index (χ3v) is 8.66. The summed E-state index contributed by atoms with van der Waals surface area (Å²) in [6, 6.07) is 23.1. The quantitative estimate of drug-likeness (QED) is 0.263. The van der Waals surface area contributed by atoms with Gasteiger partial charge in [-0.15, -0.1) is 0 Å². The first-order chi connectivity index (χ1) is 16.3. The Morgan fingerprint density at radius 2 is 1.43 bits per heavy atom. The zero-order chi connectivity index (χ0) is 25.3. The second-order valence-electron chi connectivity index (χ2n) is 12.9. The summed E-state index contributed by atoms with van der Waals surface area (Å²) in [6.45, 7) is 19.0. The first kappa shape index (κ1) is 23.8. The van der Waals surface area contributed by atoms with Gasteiger partial charge in [0.15, 0.2) is 6.20 Å². The largest absolute Gasteiger partial charge is 0.213 e. The fraction of sp³-hybridized carbons (Fsp3) is 0.382. The highest BCUT2D eigenvalue weighted by Crippen LogP contribution is 2.57. The minimum absolute atomic E-state index is 0.0243. The zero-order valence-corrected chi connectivity index (χ0v) is 23.0. The Morgan fingerprint density at radius 3 is 2.09 bits per heavy atom. The minimum atomic E-state index is -0.0494. The van der Waals surface area contributed by atoms with Gasteiger partial charge in [0.1, 0.15) is 7.05 Å². The summed E-state index contributed by atoms with van der Waals surface area (Å²) >= 11 is 0. The van der Waals surface area contributed by atoms with Crippen LogP contribution in [0.1, 0.15) is 70.7 Å². The molecule has 0 unspecified atom stereocenters. The van der Waals surface area contributed by atoms with Crippen LogP contribution >= 0.6 is 0 Å². The van der Waals surface area contributed by atoms with Crippen LogP contribution in [0.15, 0.2) is 66.9 Å². The van der Waals surface area contributed by atoms with Crippen molar-refractivity contribution in [1.82, 2.24) is 0 Å². The topological polar surface area (TPSA) is 3.88 Å². The summed E-state index contributed by atoms with van der Waals surface area (Å²) in [6.07, 6.45) is 3.32. The van der Waals surface area contributed by atoms with Crippen molar-refractivity contribution in [2.45, 2.75) is 72.6 Å². The lowest BCUT2D eigenvalue weighted by atomic mass is 9.54. The van der Waals surface area contributed by atoms with Gasteiger partial charge in [-0.1, -0.05) is 84.9 Å². The van der Waals surface area contributed by atoms with Crippen LogP contribution in [0.5, 0.6) is 0 Å². The standard InChI is InChI=1S/C34H40N/c1-22-14-15-26-27-19-24-12-10-11-13-25(24)20-28(27)33(5,6)34(7,8)31(26)30(22)29-18-23(16-17-35(29)9)21-32(2,3)4/h10-20H,21H2,1-9H3/q+1. The highest BCUT2D eigenvalue weighted by atomic mass is 14.9. The second-order valence-corrected chi connectivity index (χ2v) is 12.9. The van der Waals surface area contributed by atoms with Crippen LogP contribution in [0.25, 0.3) is 33.2 Å². The molecule has 0 N–H and O–H groups in total. The van der Waals surface area contributed by atoms with Gasteiger partial charge in [0.25, 0.3) is 0 Å². The molecule has 1 heterocycles. The third-order valence-electron chi connectivity index (χ3n) is 8.66. The van der Waals surface area contributed by atoms with Gasteiger partial charge in [-0.2, -0.15) is 0 Å². The molecule has 0 aliphatic heterocycles. The minimum Gasteiger partial charge on any atom is -0.201 e. The highest BCUT2D eigenvalue weighted by Gasteiger charge is 2.48. The van der Waals surface area contributed by atoms with Crippen molar-refractivity contribution < 1.29 is 4.57 Å². The van der Waals surface area contributed by atoms with E-state index in [9.17, 15) is 0 Å². The van der Waals surface area contributed by atoms with Crippen molar-refractivity contribution in [1.29, 1.82) is 0 Å². The molecule has 5 rings (SSSR count). The van der Waals surface area contributed by atoms with Crippen molar-refractivity contribution in [3.8, 4) is 22.4 Å². The Balaban J connectivity index is 1.86. The molecule has 0 atom stereocenters. The molecule has 0 bridgehead atoms. The summed E-state index contributed by atoms with van der Waals surface area (Å²) in [5.74, 6) is 0. The third kappa shape index (κ3) is 3.71. The molecule has 180 valence electrons. The van der Waals surface area contributed by atoms with Gasteiger partial charge in [0.05, 0.1) is 5.56 Å². The van der Waals surface area contributed by atoms with Crippen molar-refractivity contribution in [2.75, 3.05) is 0 Å². The van der Waals surface area contributed by atoms with E-state index in [4.69, 9.17) is 0 Å². The molecule has 3 aromatic carbocycles. The molecule has 4 aromatic rings. The van der Waals surface area contributed by atoms with Crippen LogP contribution in [-0.4, -0.2) is 0 Å². The van der Waals surface area contributed by atoms with E-state index in [-0.39, 0.29) is 16.2 Å². The average molecular weight is 463 g/mol. The smallest absolute Gasteiger partial charge is 0.201 e. The van der Waals surface area contributed by atoms with Gasteiger partial charge in [-0.05, 0) is 80.5 Å².